The molecule has 0 unspecified atom stereocenters. The number of rotatable bonds is 6. The molecule has 1 heterocycles. The minimum atomic E-state index is -4.62. The topological polar surface area (TPSA) is 87.2 Å². The molecule has 158 valence electrons. The Morgan fingerprint density at radius 1 is 1.10 bits per heavy atom. The molecule has 0 saturated carbocycles. The zero-order valence-electron chi connectivity index (χ0n) is 16.0. The molecule has 0 saturated heterocycles. The predicted molar refractivity (Wildman–Crippen MR) is 105 cm³/mol. The van der Waals surface area contributed by atoms with E-state index >= 15 is 0 Å². The van der Waals surface area contributed by atoms with Gasteiger partial charge in [0, 0.05) is 6.54 Å². The average Bonchev–Trinajstić information content (AvgIpc) is 3.01. The lowest BCUT2D eigenvalue weighted by Crippen LogP contribution is -2.40. The van der Waals surface area contributed by atoms with Gasteiger partial charge in [0.25, 0.3) is 0 Å². The predicted octanol–water partition coefficient (Wildman–Crippen LogP) is 2.84. The number of fused-ring (bicyclic) bond motifs is 1. The Morgan fingerprint density at radius 2 is 1.77 bits per heavy atom. The third kappa shape index (κ3) is 4.53. The fourth-order valence-corrected chi connectivity index (χ4v) is 3.08. The number of carbonyl (C=O) groups excluding carboxylic acids is 2. The number of nitrogens with one attached hydrogen (secondary N) is 2. The summed E-state index contributed by atoms with van der Waals surface area (Å²) in [6.45, 7) is 1.03. The van der Waals surface area contributed by atoms with Crippen molar-refractivity contribution in [1.29, 1.82) is 0 Å². The lowest BCUT2D eigenvalue weighted by molar-refractivity contribution is -0.137. The van der Waals surface area contributed by atoms with E-state index in [9.17, 15) is 27.6 Å². The van der Waals surface area contributed by atoms with Gasteiger partial charge in [-0.2, -0.15) is 13.2 Å². The summed E-state index contributed by atoms with van der Waals surface area (Å²) in [5.74, 6) is -1.28. The number of hydrogen-bond acceptors (Lipinski definition) is 3. The first-order valence-corrected chi connectivity index (χ1v) is 9.12. The van der Waals surface area contributed by atoms with E-state index in [1.807, 2.05) is 0 Å². The maximum Gasteiger partial charge on any atom is 0.418 e. The summed E-state index contributed by atoms with van der Waals surface area (Å²) in [7, 11) is 0. The summed E-state index contributed by atoms with van der Waals surface area (Å²) >= 11 is 0. The van der Waals surface area contributed by atoms with E-state index in [-0.39, 0.29) is 18.8 Å². The Balaban J connectivity index is 1.72. The number of halogens is 3. The highest BCUT2D eigenvalue weighted by molar-refractivity contribution is 5.95. The van der Waals surface area contributed by atoms with Crippen molar-refractivity contribution in [2.75, 3.05) is 18.4 Å². The number of hydrogen-bond donors (Lipinski definition) is 2. The summed E-state index contributed by atoms with van der Waals surface area (Å²) in [4.78, 5) is 40.9. The number of likely N-dealkylation sites (N-methyl/N-ethyl adjacent to an activating group) is 1. The average molecular weight is 420 g/mol. The minimum absolute atomic E-state index is 0.143. The molecular formula is C20H19F3N4O3. The van der Waals surface area contributed by atoms with Crippen LogP contribution in [-0.4, -0.2) is 39.4 Å². The van der Waals surface area contributed by atoms with E-state index in [0.29, 0.717) is 11.0 Å². The largest absolute Gasteiger partial charge is 0.418 e. The second-order valence-corrected chi connectivity index (χ2v) is 6.53. The number of para-hydroxylation sites is 3. The quantitative estimate of drug-likeness (QED) is 0.643. The van der Waals surface area contributed by atoms with Crippen LogP contribution in [0.15, 0.2) is 53.3 Å². The van der Waals surface area contributed by atoms with Crippen molar-refractivity contribution in [3.63, 3.8) is 0 Å². The summed E-state index contributed by atoms with van der Waals surface area (Å²) in [6, 6.07) is 11.4. The Kier molecular flexibility index (Phi) is 5.95. The highest BCUT2D eigenvalue weighted by Crippen LogP contribution is 2.34. The first kappa shape index (κ1) is 21.2. The smallest absolute Gasteiger partial charge is 0.332 e. The fourth-order valence-electron chi connectivity index (χ4n) is 3.08. The lowest BCUT2D eigenvalue weighted by Gasteiger charge is -2.21. The zero-order valence-corrected chi connectivity index (χ0v) is 16.0. The molecule has 1 aromatic heterocycles. The van der Waals surface area contributed by atoms with Gasteiger partial charge in [0.1, 0.15) is 6.54 Å². The second kappa shape index (κ2) is 8.44. The first-order chi connectivity index (χ1) is 14.2. The van der Waals surface area contributed by atoms with E-state index < -0.39 is 35.8 Å². The van der Waals surface area contributed by atoms with Crippen LogP contribution in [0.4, 0.5) is 18.9 Å². The summed E-state index contributed by atoms with van der Waals surface area (Å²) in [5, 5.41) is 2.21. The Morgan fingerprint density at radius 3 is 2.47 bits per heavy atom. The van der Waals surface area contributed by atoms with Gasteiger partial charge < -0.3 is 15.2 Å². The van der Waals surface area contributed by atoms with Crippen molar-refractivity contribution < 1.29 is 22.8 Å². The number of benzene rings is 2. The number of aromatic amines is 1. The molecule has 0 bridgehead atoms. The maximum atomic E-state index is 13.1. The van der Waals surface area contributed by atoms with Crippen molar-refractivity contribution in [1.82, 2.24) is 14.5 Å². The van der Waals surface area contributed by atoms with Crippen LogP contribution < -0.4 is 11.0 Å². The van der Waals surface area contributed by atoms with Crippen LogP contribution in [0.2, 0.25) is 0 Å². The van der Waals surface area contributed by atoms with E-state index in [1.165, 1.54) is 21.6 Å². The number of alkyl halides is 3. The Bertz CT molecular complexity index is 1130. The fraction of sp³-hybridized carbons (Fsp3) is 0.250. The molecule has 0 aliphatic carbocycles. The van der Waals surface area contributed by atoms with E-state index in [1.54, 1.807) is 31.2 Å². The second-order valence-electron chi connectivity index (χ2n) is 6.53. The molecule has 0 radical (unpaired) electrons. The SMILES string of the molecule is CCN(CC(=O)Nc1ccccc1C(F)(F)F)C(=O)Cn1c(=O)[nH]c2ccccc21. The van der Waals surface area contributed by atoms with Crippen molar-refractivity contribution in [3.05, 3.63) is 64.6 Å². The number of amides is 2. The van der Waals surface area contributed by atoms with Crippen LogP contribution in [0.5, 0.6) is 0 Å². The standard InChI is InChI=1S/C20H19F3N4O3/c1-2-26(11-17(28)24-14-8-4-3-7-13(14)20(21,22)23)18(29)12-27-16-10-6-5-9-15(16)25-19(27)30/h3-10H,2,11-12H2,1H3,(H,24,28)(H,25,30). The van der Waals surface area contributed by atoms with Gasteiger partial charge in [-0.3, -0.25) is 14.2 Å². The normalized spacial score (nSPS) is 11.5. The summed E-state index contributed by atoms with van der Waals surface area (Å²) in [6.07, 6.45) is -4.62. The highest BCUT2D eigenvalue weighted by atomic mass is 19.4. The molecule has 0 aliphatic rings. The summed E-state index contributed by atoms with van der Waals surface area (Å²) < 4.78 is 40.5. The molecule has 2 amide bonds. The molecule has 3 rings (SSSR count). The molecule has 0 aliphatic heterocycles. The first-order valence-electron chi connectivity index (χ1n) is 9.12. The molecule has 0 fully saturated rings. The third-order valence-corrected chi connectivity index (χ3v) is 4.55. The molecule has 2 aromatic carbocycles. The van der Waals surface area contributed by atoms with E-state index in [0.717, 1.165) is 12.1 Å². The molecule has 2 N–H and O–H groups in total. The highest BCUT2D eigenvalue weighted by Gasteiger charge is 2.33. The molecule has 10 heteroatoms. The lowest BCUT2D eigenvalue weighted by atomic mass is 10.1. The van der Waals surface area contributed by atoms with Gasteiger partial charge >= 0.3 is 11.9 Å². The van der Waals surface area contributed by atoms with E-state index in [4.69, 9.17) is 0 Å². The number of carbonyl (C=O) groups is 2. The zero-order chi connectivity index (χ0) is 21.9. The number of anilines is 1. The molecule has 7 nitrogen and oxygen atoms in total. The number of nitrogens with zero attached hydrogens (tertiary/aromatic N) is 2. The van der Waals surface area contributed by atoms with Gasteiger partial charge in [-0.05, 0) is 31.2 Å². The third-order valence-electron chi connectivity index (χ3n) is 4.55. The maximum absolute atomic E-state index is 13.1. The van der Waals surface area contributed by atoms with Crippen LogP contribution in [-0.2, 0) is 22.3 Å². The minimum Gasteiger partial charge on any atom is -0.332 e. The van der Waals surface area contributed by atoms with E-state index in [2.05, 4.69) is 10.3 Å². The van der Waals surface area contributed by atoms with Gasteiger partial charge in [-0.15, -0.1) is 0 Å². The summed E-state index contributed by atoms with van der Waals surface area (Å²) in [5.41, 5.74) is -0.719. The van der Waals surface area contributed by atoms with Gasteiger partial charge in [0.05, 0.1) is 28.8 Å². The monoisotopic (exact) mass is 420 g/mol. The van der Waals surface area contributed by atoms with Crippen molar-refractivity contribution in [2.45, 2.75) is 19.6 Å². The van der Waals surface area contributed by atoms with Crippen LogP contribution in [0.1, 0.15) is 12.5 Å². The molecule has 30 heavy (non-hydrogen) atoms. The van der Waals surface area contributed by atoms with Crippen molar-refractivity contribution in [2.24, 2.45) is 0 Å². The number of imidazole rings is 1. The Hall–Kier alpha value is -3.56. The van der Waals surface area contributed by atoms with Gasteiger partial charge in [0.2, 0.25) is 11.8 Å². The van der Waals surface area contributed by atoms with Crippen LogP contribution in [0.25, 0.3) is 11.0 Å². The van der Waals surface area contributed by atoms with Crippen LogP contribution >= 0.6 is 0 Å². The van der Waals surface area contributed by atoms with Crippen molar-refractivity contribution in [3.8, 4) is 0 Å². The molecule has 0 spiro atoms. The molecule has 0 atom stereocenters. The van der Waals surface area contributed by atoms with Crippen LogP contribution in [0.3, 0.4) is 0 Å². The van der Waals surface area contributed by atoms with Gasteiger partial charge in [0.15, 0.2) is 0 Å². The Labute approximate surface area is 169 Å². The van der Waals surface area contributed by atoms with Gasteiger partial charge in [-0.25, -0.2) is 4.79 Å². The molecular weight excluding hydrogens is 401 g/mol. The van der Waals surface area contributed by atoms with Crippen molar-refractivity contribution >= 4 is 28.5 Å². The molecule has 3 aromatic rings. The number of H-pyrrole nitrogens is 1. The number of aromatic nitrogens is 2. The van der Waals surface area contributed by atoms with Crippen LogP contribution in [0, 0.1) is 0 Å². The van der Waals surface area contributed by atoms with Gasteiger partial charge in [-0.1, -0.05) is 24.3 Å².